The lowest BCUT2D eigenvalue weighted by molar-refractivity contribution is -1.02. The fourth-order valence-electron chi connectivity index (χ4n) is 7.69. The molecule has 1 aliphatic carbocycles. The first-order valence-corrected chi connectivity index (χ1v) is 14.5. The van der Waals surface area contributed by atoms with Crippen molar-refractivity contribution in [2.75, 3.05) is 0 Å². The second kappa shape index (κ2) is 9.36. The highest BCUT2D eigenvalue weighted by atomic mass is 19.1. The molecular weight excluding hydrogens is 495 g/mol. The van der Waals surface area contributed by atoms with E-state index in [1.165, 1.54) is 0 Å². The second-order valence-electron chi connectivity index (χ2n) is 12.1. The summed E-state index contributed by atoms with van der Waals surface area (Å²) in [7, 11) is 0. The molecule has 206 valence electrons. The summed E-state index contributed by atoms with van der Waals surface area (Å²) in [6.45, 7) is 5.80. The van der Waals surface area contributed by atoms with Gasteiger partial charge >= 0.3 is 12.1 Å². The van der Waals surface area contributed by atoms with Crippen LogP contribution in [-0.2, 0) is 16.6 Å². The number of aliphatic hydroxyl groups excluding tert-OH is 1. The molecule has 1 N–H and O–H groups in total. The van der Waals surface area contributed by atoms with Crippen molar-refractivity contribution in [1.82, 2.24) is 0 Å². The summed E-state index contributed by atoms with van der Waals surface area (Å²) >= 11 is 0. The van der Waals surface area contributed by atoms with Gasteiger partial charge in [-0.25, -0.2) is 4.39 Å². The van der Waals surface area contributed by atoms with E-state index in [1.807, 2.05) is 37.6 Å². The smallest absolute Gasteiger partial charge is 0.402 e. The average molecular weight is 534 g/mol. The van der Waals surface area contributed by atoms with Gasteiger partial charge in [-0.05, 0) is 63.0 Å². The molecule has 4 atom stereocenters. The SMILES string of the molecule is CCC(C#N)(CC)c1ccc(CCC2(C3CCCC3)CC(O)=C3CC4=[N+]5C=C(C)C=NC5[N+]4([O-])C3O2)cc1F. The van der Waals surface area contributed by atoms with E-state index in [0.29, 0.717) is 55.5 Å². The van der Waals surface area contributed by atoms with Crippen molar-refractivity contribution >= 4 is 12.1 Å². The Bertz CT molecular complexity index is 1360. The van der Waals surface area contributed by atoms with Crippen LogP contribution in [0.3, 0.4) is 0 Å². The average Bonchev–Trinajstić information content (AvgIpc) is 3.56. The summed E-state index contributed by atoms with van der Waals surface area (Å²) in [4.78, 5) is 4.53. The first kappa shape index (κ1) is 26.4. The lowest BCUT2D eigenvalue weighted by Gasteiger charge is -2.51. The van der Waals surface area contributed by atoms with Crippen molar-refractivity contribution in [3.63, 3.8) is 0 Å². The Morgan fingerprint density at radius 1 is 1.31 bits per heavy atom. The predicted octanol–water partition coefficient (Wildman–Crippen LogP) is 6.24. The molecule has 0 spiro atoms. The molecule has 4 unspecified atom stereocenters. The number of quaternary nitrogens is 1. The Hall–Kier alpha value is -2.86. The molecule has 1 saturated heterocycles. The van der Waals surface area contributed by atoms with Crippen molar-refractivity contribution < 1.29 is 23.5 Å². The highest BCUT2D eigenvalue weighted by molar-refractivity contribution is 5.83. The molecular formula is C31H38FN4O3+. The molecule has 8 heteroatoms. The minimum Gasteiger partial charge on any atom is -0.614 e. The lowest BCUT2D eigenvalue weighted by atomic mass is 9.75. The van der Waals surface area contributed by atoms with Crippen molar-refractivity contribution in [1.29, 1.82) is 5.26 Å². The van der Waals surface area contributed by atoms with Crippen LogP contribution in [0.5, 0.6) is 0 Å². The minimum atomic E-state index is -0.823. The molecule has 4 aliphatic heterocycles. The van der Waals surface area contributed by atoms with Crippen molar-refractivity contribution in [2.24, 2.45) is 10.9 Å². The Kier molecular flexibility index (Phi) is 6.33. The van der Waals surface area contributed by atoms with E-state index < -0.39 is 28.2 Å². The number of amidine groups is 1. The number of allylic oxidation sites excluding steroid dienone is 1. The molecule has 2 fully saturated rings. The van der Waals surface area contributed by atoms with Crippen molar-refractivity contribution in [3.8, 4) is 6.07 Å². The van der Waals surface area contributed by atoms with E-state index in [2.05, 4.69) is 11.1 Å². The van der Waals surface area contributed by atoms with Gasteiger partial charge in [-0.3, -0.25) is 0 Å². The number of hydrogen-bond donors (Lipinski definition) is 1. The quantitative estimate of drug-likeness (QED) is 0.255. The van der Waals surface area contributed by atoms with E-state index in [-0.39, 0.29) is 17.5 Å². The van der Waals surface area contributed by atoms with Crippen LogP contribution in [-0.4, -0.2) is 44.5 Å². The summed E-state index contributed by atoms with van der Waals surface area (Å²) in [5.74, 6) is 0.833. The topological polar surface area (TPSA) is 91.7 Å². The number of nitrogens with zero attached hydrogens (tertiary/aromatic N) is 4. The number of halogens is 1. The highest BCUT2D eigenvalue weighted by Gasteiger charge is 2.71. The van der Waals surface area contributed by atoms with Gasteiger partial charge in [0, 0.05) is 23.8 Å². The highest BCUT2D eigenvalue weighted by Crippen LogP contribution is 2.54. The molecule has 1 aromatic carbocycles. The number of aliphatic hydroxyl groups is 1. The van der Waals surface area contributed by atoms with Crippen molar-refractivity contribution in [2.45, 2.75) is 109 Å². The molecule has 6 rings (SSSR count). The maximum Gasteiger partial charge on any atom is 0.402 e. The third-order valence-electron chi connectivity index (χ3n) is 10.1. The zero-order chi connectivity index (χ0) is 27.6. The largest absolute Gasteiger partial charge is 0.614 e. The number of fused-ring (bicyclic) bond motifs is 5. The number of aliphatic imine (C=N–C) groups is 1. The Labute approximate surface area is 229 Å². The summed E-state index contributed by atoms with van der Waals surface area (Å²) < 4.78 is 23.5. The molecule has 1 aromatic rings. The van der Waals surface area contributed by atoms with Gasteiger partial charge in [-0.2, -0.15) is 14.9 Å². The third-order valence-corrected chi connectivity index (χ3v) is 10.1. The number of aryl methyl sites for hydroxylation is 1. The van der Waals surface area contributed by atoms with Gasteiger partial charge in [0.25, 0.3) is 0 Å². The van der Waals surface area contributed by atoms with Crippen LogP contribution in [0.15, 0.2) is 46.3 Å². The standard InChI is InChI=1S/C31H37FN4O3/c1-4-30(5-2,19-33)24-11-10-21(14-25(24)32)12-13-31(22-8-6-7-9-22)16-26(37)23-15-27-35-18-20(3)17-34-29(35)36(27,38)28(23)39-31/h10-11,14,17-18,22,28-29H,4-9,12-13,15-16H2,1-3H3/p+1. The van der Waals surface area contributed by atoms with Gasteiger partial charge in [0.15, 0.2) is 6.20 Å². The first-order valence-electron chi connectivity index (χ1n) is 14.5. The lowest BCUT2D eigenvalue weighted by Crippen LogP contribution is -2.72. The monoisotopic (exact) mass is 533 g/mol. The summed E-state index contributed by atoms with van der Waals surface area (Å²) in [6.07, 6.45) is 9.49. The van der Waals surface area contributed by atoms with E-state index >= 15 is 4.39 Å². The van der Waals surface area contributed by atoms with Crippen LogP contribution in [0.2, 0.25) is 0 Å². The Morgan fingerprint density at radius 3 is 2.72 bits per heavy atom. The number of ether oxygens (including phenoxy) is 1. The first-order chi connectivity index (χ1) is 18.7. The molecule has 0 radical (unpaired) electrons. The second-order valence-corrected chi connectivity index (χ2v) is 12.1. The molecule has 0 aromatic heterocycles. The Morgan fingerprint density at radius 2 is 2.05 bits per heavy atom. The number of nitriles is 1. The summed E-state index contributed by atoms with van der Waals surface area (Å²) in [5, 5.41) is 35.5. The van der Waals surface area contributed by atoms with Crippen molar-refractivity contribution in [3.05, 3.63) is 63.5 Å². The van der Waals surface area contributed by atoms with Crippen LogP contribution in [0.1, 0.15) is 89.7 Å². The fourth-order valence-corrected chi connectivity index (χ4v) is 7.69. The molecule has 1 saturated carbocycles. The minimum absolute atomic E-state index is 0.224. The van der Waals surface area contributed by atoms with Gasteiger partial charge in [0.1, 0.15) is 18.0 Å². The molecule has 39 heavy (non-hydrogen) atoms. The van der Waals surface area contributed by atoms with Gasteiger partial charge in [-0.15, -0.1) is 0 Å². The maximum absolute atomic E-state index is 15.3. The van der Waals surface area contributed by atoms with Gasteiger partial charge in [0.2, 0.25) is 6.23 Å². The number of hydroxylamine groups is 3. The molecule has 0 bridgehead atoms. The van der Waals surface area contributed by atoms with E-state index in [0.717, 1.165) is 36.8 Å². The van der Waals surface area contributed by atoms with Crippen LogP contribution >= 0.6 is 0 Å². The van der Waals surface area contributed by atoms with E-state index in [4.69, 9.17) is 4.74 Å². The summed E-state index contributed by atoms with van der Waals surface area (Å²) in [5.41, 5.74) is 1.45. The van der Waals surface area contributed by atoms with Crippen LogP contribution in [0.25, 0.3) is 0 Å². The van der Waals surface area contributed by atoms with Gasteiger partial charge < -0.3 is 15.1 Å². The van der Waals surface area contributed by atoms with Crippen LogP contribution in [0, 0.1) is 28.3 Å². The van der Waals surface area contributed by atoms with Crippen LogP contribution < -0.4 is 0 Å². The Balaban J connectivity index is 1.30. The number of hydrogen-bond acceptors (Lipinski definition) is 5. The summed E-state index contributed by atoms with van der Waals surface area (Å²) in [6, 6.07) is 7.58. The predicted molar refractivity (Wildman–Crippen MR) is 146 cm³/mol. The molecule has 0 amide bonds. The van der Waals surface area contributed by atoms with E-state index in [9.17, 15) is 15.6 Å². The van der Waals surface area contributed by atoms with Gasteiger partial charge in [0.05, 0.1) is 22.7 Å². The molecule has 5 aliphatic rings. The number of rotatable bonds is 7. The normalized spacial score (nSPS) is 31.9. The maximum atomic E-state index is 15.3. The zero-order valence-corrected chi connectivity index (χ0v) is 23.1. The fraction of sp³-hybridized carbons (Fsp3) is 0.581. The third kappa shape index (κ3) is 3.77. The van der Waals surface area contributed by atoms with Gasteiger partial charge in [-0.1, -0.05) is 43.4 Å². The molecule has 4 heterocycles. The van der Waals surface area contributed by atoms with Crippen LogP contribution in [0.4, 0.5) is 4.39 Å². The number of benzene rings is 1. The van der Waals surface area contributed by atoms with E-state index in [1.54, 1.807) is 18.3 Å². The zero-order valence-electron chi connectivity index (χ0n) is 23.1. The molecule has 7 nitrogen and oxygen atoms in total.